The fourth-order valence-electron chi connectivity index (χ4n) is 2.39. The number of hydrogen-bond acceptors (Lipinski definition) is 6. The largest absolute Gasteiger partial charge is 0.372 e. The summed E-state index contributed by atoms with van der Waals surface area (Å²) in [4.78, 5) is 30.9. The number of carbonyl (C=O) groups is 2. The highest BCUT2D eigenvalue weighted by atomic mass is 16.5. The molecule has 0 amide bonds. The molecule has 6 nitrogen and oxygen atoms in total. The van der Waals surface area contributed by atoms with Crippen molar-refractivity contribution in [3.63, 3.8) is 0 Å². The van der Waals surface area contributed by atoms with Crippen LogP contribution >= 0.6 is 0 Å². The number of hydrogen-bond donors (Lipinski definition) is 0. The lowest BCUT2D eigenvalue weighted by Gasteiger charge is -2.35. The van der Waals surface area contributed by atoms with Crippen LogP contribution in [0.2, 0.25) is 0 Å². The third-order valence-electron chi connectivity index (χ3n) is 3.71. The molecule has 0 N–H and O–H groups in total. The number of piperazine rings is 1. The van der Waals surface area contributed by atoms with Crippen LogP contribution in [-0.2, 0) is 9.53 Å². The highest BCUT2D eigenvalue weighted by Gasteiger charge is 2.17. The lowest BCUT2D eigenvalue weighted by molar-refractivity contribution is -0.121. The third kappa shape index (κ3) is 4.89. The van der Waals surface area contributed by atoms with Crippen molar-refractivity contribution in [2.75, 3.05) is 50.8 Å². The lowest BCUT2D eigenvalue weighted by Crippen LogP contribution is -2.47. The molecule has 1 aliphatic heterocycles. The number of aromatic nitrogens is 1. The smallest absolute Gasteiger partial charge is 0.161 e. The van der Waals surface area contributed by atoms with Crippen LogP contribution in [0.25, 0.3) is 0 Å². The summed E-state index contributed by atoms with van der Waals surface area (Å²) in [5, 5.41) is 0. The average Bonchev–Trinajstić information content (AvgIpc) is 2.52. The molecular weight excluding hydrogens is 282 g/mol. The van der Waals surface area contributed by atoms with Crippen molar-refractivity contribution in [1.82, 2.24) is 9.88 Å². The highest BCUT2D eigenvalue weighted by Crippen LogP contribution is 2.14. The fourth-order valence-corrected chi connectivity index (χ4v) is 2.39. The summed E-state index contributed by atoms with van der Waals surface area (Å²) in [6.07, 6.45) is 1.64. The molecule has 2 rings (SSSR count). The van der Waals surface area contributed by atoms with Crippen LogP contribution in [0.4, 0.5) is 5.82 Å². The number of ether oxygens (including phenoxy) is 1. The fraction of sp³-hybridized carbons (Fsp3) is 0.562. The highest BCUT2D eigenvalue weighted by molar-refractivity contribution is 5.93. The number of anilines is 1. The Morgan fingerprint density at radius 3 is 2.45 bits per heavy atom. The number of pyridine rings is 1. The Morgan fingerprint density at radius 2 is 1.91 bits per heavy atom. The molecule has 0 radical (unpaired) electrons. The summed E-state index contributed by atoms with van der Waals surface area (Å²) in [7, 11) is 0. The molecule has 1 fully saturated rings. The molecule has 0 atom stereocenters. The average molecular weight is 305 g/mol. The first-order valence-electron chi connectivity index (χ1n) is 7.58. The quantitative estimate of drug-likeness (QED) is 0.553. The normalized spacial score (nSPS) is 15.8. The van der Waals surface area contributed by atoms with Crippen molar-refractivity contribution in [2.45, 2.75) is 13.8 Å². The molecule has 2 heterocycles. The van der Waals surface area contributed by atoms with Gasteiger partial charge >= 0.3 is 0 Å². The second-order valence-electron chi connectivity index (χ2n) is 5.54. The molecule has 0 unspecified atom stereocenters. The van der Waals surface area contributed by atoms with E-state index < -0.39 is 0 Å². The maximum absolute atomic E-state index is 11.3. The van der Waals surface area contributed by atoms with Gasteiger partial charge in [0, 0.05) is 44.5 Å². The molecule has 0 aliphatic carbocycles. The molecule has 0 aromatic carbocycles. The van der Waals surface area contributed by atoms with Gasteiger partial charge in [-0.25, -0.2) is 4.98 Å². The van der Waals surface area contributed by atoms with E-state index in [-0.39, 0.29) is 18.2 Å². The van der Waals surface area contributed by atoms with Gasteiger partial charge in [-0.2, -0.15) is 0 Å². The van der Waals surface area contributed by atoms with Crippen LogP contribution in [-0.4, -0.2) is 67.4 Å². The van der Waals surface area contributed by atoms with Gasteiger partial charge in [-0.3, -0.25) is 14.5 Å². The predicted molar refractivity (Wildman–Crippen MR) is 84.4 cm³/mol. The predicted octanol–water partition coefficient (Wildman–Crippen LogP) is 1.01. The zero-order chi connectivity index (χ0) is 15.9. The van der Waals surface area contributed by atoms with Crippen LogP contribution in [0.3, 0.4) is 0 Å². The first-order valence-corrected chi connectivity index (χ1v) is 7.58. The van der Waals surface area contributed by atoms with Crippen molar-refractivity contribution < 1.29 is 14.3 Å². The molecule has 1 saturated heterocycles. The molecule has 120 valence electrons. The number of ketones is 2. The van der Waals surface area contributed by atoms with Gasteiger partial charge in [-0.15, -0.1) is 0 Å². The van der Waals surface area contributed by atoms with Crippen molar-refractivity contribution in [3.8, 4) is 0 Å². The molecule has 22 heavy (non-hydrogen) atoms. The summed E-state index contributed by atoms with van der Waals surface area (Å²) < 4.78 is 5.30. The van der Waals surface area contributed by atoms with Gasteiger partial charge in [-0.05, 0) is 26.0 Å². The first-order chi connectivity index (χ1) is 10.6. The van der Waals surface area contributed by atoms with Crippen molar-refractivity contribution in [1.29, 1.82) is 0 Å². The molecular formula is C16H23N3O3. The van der Waals surface area contributed by atoms with E-state index >= 15 is 0 Å². The van der Waals surface area contributed by atoms with Crippen LogP contribution in [0, 0.1) is 0 Å². The monoisotopic (exact) mass is 305 g/mol. The molecule has 6 heteroatoms. The zero-order valence-electron chi connectivity index (χ0n) is 13.2. The van der Waals surface area contributed by atoms with Crippen molar-refractivity contribution >= 4 is 17.4 Å². The molecule has 0 spiro atoms. The van der Waals surface area contributed by atoms with Crippen LogP contribution in [0.1, 0.15) is 24.2 Å². The number of Topliss-reactive ketones (excluding diaryl/α,β-unsaturated/α-hetero) is 2. The second kappa shape index (κ2) is 8.00. The Labute approximate surface area is 131 Å². The van der Waals surface area contributed by atoms with Gasteiger partial charge in [0.1, 0.15) is 12.4 Å². The molecule has 1 aromatic heterocycles. The van der Waals surface area contributed by atoms with Crippen LogP contribution in [0.15, 0.2) is 18.3 Å². The minimum absolute atomic E-state index is 0.0365. The third-order valence-corrected chi connectivity index (χ3v) is 3.71. The van der Waals surface area contributed by atoms with Crippen molar-refractivity contribution in [3.05, 3.63) is 23.9 Å². The van der Waals surface area contributed by atoms with E-state index in [1.54, 1.807) is 13.1 Å². The maximum atomic E-state index is 11.3. The van der Waals surface area contributed by atoms with E-state index in [9.17, 15) is 9.59 Å². The van der Waals surface area contributed by atoms with E-state index in [1.807, 2.05) is 12.1 Å². The SMILES string of the molecule is CC(=O)COCCN1CCN(c2ccc(C(C)=O)cn2)CC1. The second-order valence-corrected chi connectivity index (χ2v) is 5.54. The number of carbonyl (C=O) groups excluding carboxylic acids is 2. The Balaban J connectivity index is 1.74. The molecule has 0 saturated carbocycles. The molecule has 0 bridgehead atoms. The summed E-state index contributed by atoms with van der Waals surface area (Å²) in [6.45, 7) is 8.40. The Morgan fingerprint density at radius 1 is 1.18 bits per heavy atom. The van der Waals surface area contributed by atoms with E-state index in [2.05, 4.69) is 14.8 Å². The number of nitrogens with zero attached hydrogens (tertiary/aromatic N) is 3. The Bertz CT molecular complexity index is 508. The summed E-state index contributed by atoms with van der Waals surface area (Å²) >= 11 is 0. The van der Waals surface area contributed by atoms with E-state index in [0.29, 0.717) is 12.2 Å². The number of rotatable bonds is 7. The van der Waals surface area contributed by atoms with Crippen LogP contribution < -0.4 is 4.90 Å². The van der Waals surface area contributed by atoms with E-state index in [4.69, 9.17) is 4.74 Å². The van der Waals surface area contributed by atoms with Gasteiger partial charge in [0.15, 0.2) is 11.6 Å². The van der Waals surface area contributed by atoms with Gasteiger partial charge in [0.25, 0.3) is 0 Å². The Hall–Kier alpha value is -1.79. The lowest BCUT2D eigenvalue weighted by atomic mass is 10.2. The molecule has 1 aromatic rings. The van der Waals surface area contributed by atoms with Gasteiger partial charge in [0.05, 0.1) is 6.61 Å². The summed E-state index contributed by atoms with van der Waals surface area (Å²) in [5.74, 6) is 1.01. The van der Waals surface area contributed by atoms with E-state index in [1.165, 1.54) is 6.92 Å². The minimum Gasteiger partial charge on any atom is -0.372 e. The van der Waals surface area contributed by atoms with Gasteiger partial charge < -0.3 is 9.64 Å². The minimum atomic E-state index is 0.0365. The summed E-state index contributed by atoms with van der Waals surface area (Å²) in [6, 6.07) is 3.73. The van der Waals surface area contributed by atoms with E-state index in [0.717, 1.165) is 38.5 Å². The maximum Gasteiger partial charge on any atom is 0.161 e. The van der Waals surface area contributed by atoms with Crippen LogP contribution in [0.5, 0.6) is 0 Å². The standard InChI is InChI=1S/C16H23N3O3/c1-13(20)12-22-10-9-18-5-7-19(8-6-18)16-4-3-15(11-17-16)14(2)21/h3-4,11H,5-10,12H2,1-2H3. The Kier molecular flexibility index (Phi) is 6.03. The zero-order valence-corrected chi connectivity index (χ0v) is 13.2. The summed E-state index contributed by atoms with van der Waals surface area (Å²) in [5.41, 5.74) is 0.644. The van der Waals surface area contributed by atoms with Gasteiger partial charge in [0.2, 0.25) is 0 Å². The van der Waals surface area contributed by atoms with Crippen molar-refractivity contribution in [2.24, 2.45) is 0 Å². The van der Waals surface area contributed by atoms with Gasteiger partial charge in [-0.1, -0.05) is 0 Å². The molecule has 1 aliphatic rings. The first kappa shape index (κ1) is 16.6. The topological polar surface area (TPSA) is 62.7 Å².